The molecule has 0 radical (unpaired) electrons. The normalized spacial score (nSPS) is 34.7. The third-order valence-electron chi connectivity index (χ3n) is 4.60. The highest BCUT2D eigenvalue weighted by molar-refractivity contribution is 4.90. The third kappa shape index (κ3) is 2.41. The highest BCUT2D eigenvalue weighted by Gasteiger charge is 2.33. The van der Waals surface area contributed by atoms with E-state index in [1.807, 2.05) is 0 Å². The molecule has 3 fully saturated rings. The first-order valence-electron chi connectivity index (χ1n) is 7.05. The summed E-state index contributed by atoms with van der Waals surface area (Å²) >= 11 is 0. The quantitative estimate of drug-likeness (QED) is 0.768. The zero-order chi connectivity index (χ0) is 11.0. The fourth-order valence-corrected chi connectivity index (χ4v) is 3.35. The minimum atomic E-state index is 0.456. The summed E-state index contributed by atoms with van der Waals surface area (Å²) in [7, 11) is 0. The Morgan fingerprint density at radius 3 is 2.50 bits per heavy atom. The molecule has 2 unspecified atom stereocenters. The molecule has 2 aliphatic heterocycles. The molecule has 2 heterocycles. The molecule has 1 saturated carbocycles. The van der Waals surface area contributed by atoms with Gasteiger partial charge in [-0.15, -0.1) is 0 Å². The van der Waals surface area contributed by atoms with Gasteiger partial charge in [-0.05, 0) is 57.7 Å². The van der Waals surface area contributed by atoms with Crippen molar-refractivity contribution in [3.63, 3.8) is 0 Å². The zero-order valence-electron chi connectivity index (χ0n) is 10.3. The second-order valence-corrected chi connectivity index (χ2v) is 5.95. The maximum atomic E-state index is 6.20. The van der Waals surface area contributed by atoms with Crippen molar-refractivity contribution >= 4 is 0 Å². The molecular weight excluding hydrogens is 198 g/mol. The second kappa shape index (κ2) is 4.63. The largest absolute Gasteiger partial charge is 0.326 e. The summed E-state index contributed by atoms with van der Waals surface area (Å²) < 4.78 is 0. The highest BCUT2D eigenvalue weighted by atomic mass is 15.3. The van der Waals surface area contributed by atoms with E-state index in [0.29, 0.717) is 6.04 Å². The van der Waals surface area contributed by atoms with Crippen LogP contribution in [0.3, 0.4) is 0 Å². The van der Waals surface area contributed by atoms with Crippen molar-refractivity contribution in [2.24, 2.45) is 11.7 Å². The van der Waals surface area contributed by atoms with E-state index in [1.54, 1.807) is 0 Å². The fourth-order valence-electron chi connectivity index (χ4n) is 3.35. The molecule has 3 aliphatic rings. The Bertz CT molecular complexity index is 233. The molecular formula is C13H25N3. The van der Waals surface area contributed by atoms with Crippen molar-refractivity contribution in [3.05, 3.63) is 0 Å². The van der Waals surface area contributed by atoms with Crippen molar-refractivity contribution in [1.29, 1.82) is 0 Å². The lowest BCUT2D eigenvalue weighted by Gasteiger charge is -2.25. The van der Waals surface area contributed by atoms with Gasteiger partial charge in [0.25, 0.3) is 0 Å². The molecule has 2 N–H and O–H groups in total. The maximum Gasteiger partial charge on any atom is 0.0235 e. The topological polar surface area (TPSA) is 32.5 Å². The summed E-state index contributed by atoms with van der Waals surface area (Å²) in [6, 6.07) is 1.30. The number of hydrogen-bond acceptors (Lipinski definition) is 3. The summed E-state index contributed by atoms with van der Waals surface area (Å²) in [4.78, 5) is 5.30. The van der Waals surface area contributed by atoms with Crippen molar-refractivity contribution < 1.29 is 0 Å². The van der Waals surface area contributed by atoms with Crippen molar-refractivity contribution in [1.82, 2.24) is 9.80 Å². The molecule has 2 saturated heterocycles. The van der Waals surface area contributed by atoms with Gasteiger partial charge in [0.2, 0.25) is 0 Å². The molecule has 3 rings (SSSR count). The number of hydrogen-bond donors (Lipinski definition) is 1. The van der Waals surface area contributed by atoms with E-state index in [4.69, 9.17) is 5.73 Å². The van der Waals surface area contributed by atoms with Gasteiger partial charge in [-0.3, -0.25) is 4.90 Å². The predicted octanol–water partition coefficient (Wildman–Crippen LogP) is 0.894. The Balaban J connectivity index is 1.44. The van der Waals surface area contributed by atoms with Crippen LogP contribution in [0.4, 0.5) is 0 Å². The van der Waals surface area contributed by atoms with Crippen LogP contribution in [0, 0.1) is 5.92 Å². The van der Waals surface area contributed by atoms with E-state index in [1.165, 1.54) is 58.3 Å². The van der Waals surface area contributed by atoms with Crippen LogP contribution in [0.5, 0.6) is 0 Å². The SMILES string of the molecule is NC(CN1CCC(N2CCCC2)C1)C1CC1. The molecule has 0 bridgehead atoms. The number of likely N-dealkylation sites (tertiary alicyclic amines) is 2. The van der Waals surface area contributed by atoms with Crippen LogP contribution >= 0.6 is 0 Å². The smallest absolute Gasteiger partial charge is 0.0235 e. The maximum absolute atomic E-state index is 6.20. The lowest BCUT2D eigenvalue weighted by Crippen LogP contribution is -2.40. The predicted molar refractivity (Wildman–Crippen MR) is 66.4 cm³/mol. The summed E-state index contributed by atoms with van der Waals surface area (Å²) in [5.74, 6) is 0.853. The van der Waals surface area contributed by atoms with E-state index in [-0.39, 0.29) is 0 Å². The van der Waals surface area contributed by atoms with Gasteiger partial charge >= 0.3 is 0 Å². The average molecular weight is 223 g/mol. The Hall–Kier alpha value is -0.120. The summed E-state index contributed by atoms with van der Waals surface area (Å²) in [5, 5.41) is 0. The average Bonchev–Trinajstić information content (AvgIpc) is 2.80. The zero-order valence-corrected chi connectivity index (χ0v) is 10.3. The van der Waals surface area contributed by atoms with E-state index in [0.717, 1.165) is 18.5 Å². The first-order valence-corrected chi connectivity index (χ1v) is 7.05. The monoisotopic (exact) mass is 223 g/mol. The van der Waals surface area contributed by atoms with Crippen molar-refractivity contribution in [3.8, 4) is 0 Å². The van der Waals surface area contributed by atoms with Gasteiger partial charge in [-0.25, -0.2) is 0 Å². The molecule has 0 spiro atoms. The van der Waals surface area contributed by atoms with Crippen LogP contribution in [-0.4, -0.2) is 54.6 Å². The van der Waals surface area contributed by atoms with Crippen LogP contribution in [0.1, 0.15) is 32.1 Å². The Labute approximate surface area is 99.0 Å². The van der Waals surface area contributed by atoms with Gasteiger partial charge in [-0.2, -0.15) is 0 Å². The highest BCUT2D eigenvalue weighted by Crippen LogP contribution is 2.32. The summed E-state index contributed by atoms with van der Waals surface area (Å²) in [6.45, 7) is 6.39. The van der Waals surface area contributed by atoms with E-state index >= 15 is 0 Å². The van der Waals surface area contributed by atoms with Gasteiger partial charge < -0.3 is 10.6 Å². The number of rotatable bonds is 4. The molecule has 2 atom stereocenters. The third-order valence-corrected chi connectivity index (χ3v) is 4.60. The molecule has 3 nitrogen and oxygen atoms in total. The molecule has 0 aromatic carbocycles. The first-order chi connectivity index (χ1) is 7.83. The van der Waals surface area contributed by atoms with Crippen molar-refractivity contribution in [2.45, 2.75) is 44.2 Å². The van der Waals surface area contributed by atoms with Crippen LogP contribution in [-0.2, 0) is 0 Å². The standard InChI is InChI=1S/C13H25N3/c14-13(11-3-4-11)10-15-8-5-12(9-15)16-6-1-2-7-16/h11-13H,1-10,14H2. The molecule has 3 heteroatoms. The molecule has 16 heavy (non-hydrogen) atoms. The van der Waals surface area contributed by atoms with Crippen LogP contribution in [0.15, 0.2) is 0 Å². The van der Waals surface area contributed by atoms with Gasteiger partial charge in [0.1, 0.15) is 0 Å². The minimum absolute atomic E-state index is 0.456. The Morgan fingerprint density at radius 2 is 1.81 bits per heavy atom. The van der Waals surface area contributed by atoms with Gasteiger partial charge in [-0.1, -0.05) is 0 Å². The van der Waals surface area contributed by atoms with E-state index < -0.39 is 0 Å². The first kappa shape index (κ1) is 11.0. The number of nitrogens with two attached hydrogens (primary N) is 1. The molecule has 1 aliphatic carbocycles. The molecule has 0 aromatic heterocycles. The second-order valence-electron chi connectivity index (χ2n) is 5.95. The van der Waals surface area contributed by atoms with E-state index in [9.17, 15) is 0 Å². The molecule has 0 amide bonds. The van der Waals surface area contributed by atoms with Crippen LogP contribution in [0.25, 0.3) is 0 Å². The van der Waals surface area contributed by atoms with Crippen molar-refractivity contribution in [2.75, 3.05) is 32.7 Å². The van der Waals surface area contributed by atoms with Gasteiger partial charge in [0, 0.05) is 25.2 Å². The van der Waals surface area contributed by atoms with Crippen LogP contribution in [0.2, 0.25) is 0 Å². The fraction of sp³-hybridized carbons (Fsp3) is 1.00. The molecule has 92 valence electrons. The Morgan fingerprint density at radius 1 is 1.06 bits per heavy atom. The van der Waals surface area contributed by atoms with Crippen LogP contribution < -0.4 is 5.73 Å². The van der Waals surface area contributed by atoms with Gasteiger partial charge in [0.15, 0.2) is 0 Å². The summed E-state index contributed by atoms with van der Waals surface area (Å²) in [6.07, 6.45) is 6.96. The van der Waals surface area contributed by atoms with E-state index in [2.05, 4.69) is 9.80 Å². The Kier molecular flexibility index (Phi) is 3.18. The number of nitrogens with zero attached hydrogens (tertiary/aromatic N) is 2. The lowest BCUT2D eigenvalue weighted by atomic mass is 10.2. The molecule has 0 aromatic rings. The lowest BCUT2D eigenvalue weighted by molar-refractivity contribution is 0.225. The van der Waals surface area contributed by atoms with Gasteiger partial charge in [0.05, 0.1) is 0 Å². The minimum Gasteiger partial charge on any atom is -0.326 e. The summed E-state index contributed by atoms with van der Waals surface area (Å²) in [5.41, 5.74) is 6.20.